The smallest absolute Gasteiger partial charge is 0.200 e. The summed E-state index contributed by atoms with van der Waals surface area (Å²) in [6.45, 7) is 2.26. The monoisotopic (exact) mass is 302 g/mol. The summed E-state index contributed by atoms with van der Waals surface area (Å²) in [4.78, 5) is 0. The van der Waals surface area contributed by atoms with Gasteiger partial charge in [0.15, 0.2) is 23.3 Å². The molecule has 2 aromatic rings. The van der Waals surface area contributed by atoms with E-state index in [2.05, 4.69) is 0 Å². The van der Waals surface area contributed by atoms with Crippen LogP contribution in [0.1, 0.15) is 11.1 Å². The molecule has 0 fully saturated rings. The molecule has 0 N–H and O–H groups in total. The van der Waals surface area contributed by atoms with Crippen LogP contribution < -0.4 is 10.9 Å². The summed E-state index contributed by atoms with van der Waals surface area (Å²) in [5.74, 6) is -7.39. The molecule has 0 spiro atoms. The van der Waals surface area contributed by atoms with E-state index in [0.717, 1.165) is 13.8 Å². The van der Waals surface area contributed by atoms with Gasteiger partial charge in [0.1, 0.15) is 11.6 Å². The fraction of sp³-hybridized carbons (Fsp3) is 0.143. The highest BCUT2D eigenvalue weighted by Crippen LogP contribution is 2.14. The van der Waals surface area contributed by atoms with E-state index in [4.69, 9.17) is 0 Å². The van der Waals surface area contributed by atoms with Crippen molar-refractivity contribution >= 4 is 18.2 Å². The van der Waals surface area contributed by atoms with Crippen molar-refractivity contribution in [2.45, 2.75) is 13.8 Å². The summed E-state index contributed by atoms with van der Waals surface area (Å²) in [7, 11) is -0.510. The van der Waals surface area contributed by atoms with Crippen molar-refractivity contribution in [1.29, 1.82) is 0 Å². The van der Waals surface area contributed by atoms with E-state index in [1.165, 1.54) is 0 Å². The number of hydrogen-bond donors (Lipinski definition) is 0. The molecule has 0 heterocycles. The Morgan fingerprint density at radius 3 is 1.29 bits per heavy atom. The molecule has 0 saturated heterocycles. The van der Waals surface area contributed by atoms with Gasteiger partial charge >= 0.3 is 0 Å². The Bertz CT molecular complexity index is 665. The molecule has 0 aliphatic heterocycles. The first-order chi connectivity index (χ1) is 9.73. The molecule has 0 unspecified atom stereocenters. The highest BCUT2D eigenvalue weighted by Gasteiger charge is 2.22. The third-order valence-electron chi connectivity index (χ3n) is 3.42. The number of rotatable bonds is 2. The van der Waals surface area contributed by atoms with Gasteiger partial charge in [-0.25, -0.2) is 26.3 Å². The first-order valence-electron chi connectivity index (χ1n) is 6.00. The van der Waals surface area contributed by atoms with E-state index in [1.54, 1.807) is 0 Å². The van der Waals surface area contributed by atoms with Crippen LogP contribution in [0.15, 0.2) is 12.1 Å². The maximum absolute atomic E-state index is 13.7. The zero-order valence-electron chi connectivity index (χ0n) is 11.1. The summed E-state index contributed by atoms with van der Waals surface area (Å²) in [5, 5.41) is 0. The Labute approximate surface area is 117 Å². The third-order valence-corrected chi connectivity index (χ3v) is 3.42. The van der Waals surface area contributed by atoms with E-state index in [9.17, 15) is 26.3 Å². The average molecular weight is 302 g/mol. The van der Waals surface area contributed by atoms with Crippen LogP contribution in [0.2, 0.25) is 0 Å². The Morgan fingerprint density at radius 2 is 0.952 bits per heavy atom. The first kappa shape index (κ1) is 15.5. The van der Waals surface area contributed by atoms with Crippen LogP contribution in [-0.4, -0.2) is 7.28 Å². The Morgan fingerprint density at radius 1 is 0.619 bits per heavy atom. The van der Waals surface area contributed by atoms with Gasteiger partial charge in [-0.2, -0.15) is 0 Å². The molecule has 0 amide bonds. The molecule has 110 valence electrons. The van der Waals surface area contributed by atoms with Gasteiger partial charge in [-0.3, -0.25) is 0 Å². The number of benzene rings is 2. The minimum atomic E-state index is -1.36. The van der Waals surface area contributed by atoms with E-state index < -0.39 is 42.2 Å². The van der Waals surface area contributed by atoms with E-state index in [1.807, 2.05) is 0 Å². The largest absolute Gasteiger partial charge is 0.207 e. The minimum absolute atomic E-state index is 0.304. The van der Waals surface area contributed by atoms with Crippen LogP contribution in [-0.2, 0) is 0 Å². The molecule has 0 aliphatic carbocycles. The summed E-state index contributed by atoms with van der Waals surface area (Å²) in [6, 6.07) is 0.676. The molecule has 0 aliphatic rings. The van der Waals surface area contributed by atoms with Gasteiger partial charge in [-0.05, 0) is 35.9 Å². The summed E-state index contributed by atoms with van der Waals surface area (Å²) in [5.41, 5.74) is -1.28. The van der Waals surface area contributed by atoms with Gasteiger partial charge in [-0.1, -0.05) is 0 Å². The molecular formula is C14H9BF6. The lowest BCUT2D eigenvalue weighted by molar-refractivity contribution is 0.491. The molecule has 2 aromatic carbocycles. The lowest BCUT2D eigenvalue weighted by atomic mass is 9.60. The van der Waals surface area contributed by atoms with Crippen molar-refractivity contribution < 1.29 is 26.3 Å². The van der Waals surface area contributed by atoms with Crippen LogP contribution >= 0.6 is 0 Å². The van der Waals surface area contributed by atoms with Crippen LogP contribution in [0.3, 0.4) is 0 Å². The Balaban J connectivity index is 2.59. The lowest BCUT2D eigenvalue weighted by Gasteiger charge is -2.12. The second kappa shape index (κ2) is 5.46. The third kappa shape index (κ3) is 2.64. The topological polar surface area (TPSA) is 0 Å². The van der Waals surface area contributed by atoms with Crippen molar-refractivity contribution in [2.24, 2.45) is 0 Å². The molecule has 0 radical (unpaired) electrons. The molecule has 0 saturated carbocycles. The van der Waals surface area contributed by atoms with Crippen molar-refractivity contribution in [1.82, 2.24) is 0 Å². The lowest BCUT2D eigenvalue weighted by Crippen LogP contribution is -2.37. The van der Waals surface area contributed by atoms with Crippen molar-refractivity contribution in [3.8, 4) is 0 Å². The van der Waals surface area contributed by atoms with Crippen LogP contribution in [0, 0.1) is 48.8 Å². The maximum Gasteiger partial charge on any atom is 0.200 e. The van der Waals surface area contributed by atoms with Crippen LogP contribution in [0.25, 0.3) is 0 Å². The highest BCUT2D eigenvalue weighted by atomic mass is 19.2. The SMILES string of the molecule is Cc1c(F)c(F)cc(F)c1Bc1c(F)cc(F)c(F)c1C. The summed E-state index contributed by atoms with van der Waals surface area (Å²) in [6.07, 6.45) is 0. The van der Waals surface area contributed by atoms with Crippen LogP contribution in [0.5, 0.6) is 0 Å². The molecule has 0 nitrogen and oxygen atoms in total. The van der Waals surface area contributed by atoms with Crippen molar-refractivity contribution in [3.05, 3.63) is 58.2 Å². The van der Waals surface area contributed by atoms with Gasteiger partial charge in [0.05, 0.1) is 0 Å². The Kier molecular flexibility index (Phi) is 4.03. The normalized spacial score (nSPS) is 10.9. The molecule has 2 rings (SSSR count). The molecule has 0 aromatic heterocycles. The fourth-order valence-corrected chi connectivity index (χ4v) is 2.12. The zero-order chi connectivity index (χ0) is 15.9. The number of halogens is 6. The van der Waals surface area contributed by atoms with E-state index in [0.29, 0.717) is 12.1 Å². The zero-order valence-corrected chi connectivity index (χ0v) is 11.1. The molecular weight excluding hydrogens is 293 g/mol. The Hall–Kier alpha value is -1.92. The summed E-state index contributed by atoms with van der Waals surface area (Å²) >= 11 is 0. The average Bonchev–Trinajstić information content (AvgIpc) is 2.42. The fourth-order valence-electron chi connectivity index (χ4n) is 2.12. The minimum Gasteiger partial charge on any atom is -0.207 e. The van der Waals surface area contributed by atoms with Gasteiger partial charge in [0.25, 0.3) is 0 Å². The second-order valence-corrected chi connectivity index (χ2v) is 4.69. The van der Waals surface area contributed by atoms with Crippen molar-refractivity contribution in [2.75, 3.05) is 0 Å². The molecule has 21 heavy (non-hydrogen) atoms. The molecule has 0 bridgehead atoms. The van der Waals surface area contributed by atoms with Crippen LogP contribution in [0.4, 0.5) is 26.3 Å². The van der Waals surface area contributed by atoms with E-state index in [-0.39, 0.29) is 22.1 Å². The van der Waals surface area contributed by atoms with Gasteiger partial charge in [-0.15, -0.1) is 0 Å². The second-order valence-electron chi connectivity index (χ2n) is 4.69. The predicted octanol–water partition coefficient (Wildman–Crippen LogP) is 2.53. The standard InChI is InChI=1S/C14H9BF6/c1-5-11(7(16)3-9(18)13(5)20)15-12-6(2)14(21)10(19)4-8(12)17/h3-4,15H,1-2H3. The predicted molar refractivity (Wildman–Crippen MR) is 68.5 cm³/mol. The van der Waals surface area contributed by atoms with E-state index >= 15 is 0 Å². The number of hydrogen-bond acceptors (Lipinski definition) is 0. The quantitative estimate of drug-likeness (QED) is 0.454. The summed E-state index contributed by atoms with van der Waals surface area (Å²) < 4.78 is 80.4. The van der Waals surface area contributed by atoms with Gasteiger partial charge < -0.3 is 0 Å². The molecule has 7 heteroatoms. The van der Waals surface area contributed by atoms with Crippen molar-refractivity contribution in [3.63, 3.8) is 0 Å². The first-order valence-corrected chi connectivity index (χ1v) is 6.00. The van der Waals surface area contributed by atoms with Gasteiger partial charge in [0.2, 0.25) is 7.28 Å². The molecule has 0 atom stereocenters. The maximum atomic E-state index is 13.7. The highest BCUT2D eigenvalue weighted by molar-refractivity contribution is 6.68. The van der Waals surface area contributed by atoms with Gasteiger partial charge in [0, 0.05) is 12.1 Å².